The minimum absolute atomic E-state index is 0.0891. The van der Waals surface area contributed by atoms with Crippen LogP contribution in [0.4, 0.5) is 5.69 Å². The van der Waals surface area contributed by atoms with E-state index in [-0.39, 0.29) is 5.91 Å². The van der Waals surface area contributed by atoms with Gasteiger partial charge in [0, 0.05) is 25.0 Å². The number of piperazine rings is 1. The summed E-state index contributed by atoms with van der Waals surface area (Å²) in [6, 6.07) is 8.20. The van der Waals surface area contributed by atoms with Crippen molar-refractivity contribution in [2.75, 3.05) is 30.8 Å². The quantitative estimate of drug-likeness (QED) is 0.806. The van der Waals surface area contributed by atoms with Gasteiger partial charge in [0.05, 0.1) is 11.3 Å². The SMILES string of the molecule is CCSc1cccc(N2CCN(C)C(=O)C2(C)C)c1C#N. The molecule has 2 rings (SSSR count). The number of hydrogen-bond acceptors (Lipinski definition) is 4. The van der Waals surface area contributed by atoms with E-state index < -0.39 is 5.54 Å². The molecule has 1 saturated heterocycles. The number of nitrogens with zero attached hydrogens (tertiary/aromatic N) is 3. The molecule has 0 aromatic heterocycles. The molecule has 1 heterocycles. The number of likely N-dealkylation sites (N-methyl/N-ethyl adjacent to an activating group) is 1. The van der Waals surface area contributed by atoms with Gasteiger partial charge in [0.25, 0.3) is 0 Å². The molecule has 1 aromatic carbocycles. The van der Waals surface area contributed by atoms with Crippen LogP contribution < -0.4 is 4.90 Å². The summed E-state index contributed by atoms with van der Waals surface area (Å²) < 4.78 is 0. The van der Waals surface area contributed by atoms with Gasteiger partial charge in [-0.05, 0) is 31.7 Å². The van der Waals surface area contributed by atoms with Crippen LogP contribution in [0.5, 0.6) is 0 Å². The van der Waals surface area contributed by atoms with E-state index in [1.165, 1.54) is 0 Å². The molecule has 1 aliphatic heterocycles. The van der Waals surface area contributed by atoms with Gasteiger partial charge in [-0.2, -0.15) is 5.26 Å². The Morgan fingerprint density at radius 1 is 1.38 bits per heavy atom. The number of hydrogen-bond donors (Lipinski definition) is 0. The summed E-state index contributed by atoms with van der Waals surface area (Å²) in [6.45, 7) is 7.34. The molecular formula is C16H21N3OS. The summed E-state index contributed by atoms with van der Waals surface area (Å²) >= 11 is 1.66. The number of thioether (sulfide) groups is 1. The maximum atomic E-state index is 12.4. The zero-order valence-electron chi connectivity index (χ0n) is 13.0. The molecule has 0 radical (unpaired) electrons. The van der Waals surface area contributed by atoms with Gasteiger partial charge in [-0.15, -0.1) is 11.8 Å². The first kappa shape index (κ1) is 15.7. The molecule has 4 nitrogen and oxygen atoms in total. The highest BCUT2D eigenvalue weighted by Crippen LogP contribution is 2.35. The van der Waals surface area contributed by atoms with Gasteiger partial charge < -0.3 is 9.80 Å². The minimum Gasteiger partial charge on any atom is -0.355 e. The molecule has 1 aliphatic rings. The fourth-order valence-electron chi connectivity index (χ4n) is 2.77. The highest BCUT2D eigenvalue weighted by atomic mass is 32.2. The van der Waals surface area contributed by atoms with Crippen LogP contribution in [0, 0.1) is 11.3 Å². The van der Waals surface area contributed by atoms with Gasteiger partial charge >= 0.3 is 0 Å². The smallest absolute Gasteiger partial charge is 0.247 e. The summed E-state index contributed by atoms with van der Waals surface area (Å²) in [4.78, 5) is 17.2. The van der Waals surface area contributed by atoms with E-state index in [1.807, 2.05) is 39.1 Å². The topological polar surface area (TPSA) is 47.3 Å². The average molecular weight is 303 g/mol. The number of anilines is 1. The first-order valence-electron chi connectivity index (χ1n) is 7.12. The Morgan fingerprint density at radius 2 is 2.10 bits per heavy atom. The van der Waals surface area contributed by atoms with Crippen molar-refractivity contribution >= 4 is 23.4 Å². The summed E-state index contributed by atoms with van der Waals surface area (Å²) in [7, 11) is 1.83. The van der Waals surface area contributed by atoms with Crippen molar-refractivity contribution in [1.82, 2.24) is 4.90 Å². The van der Waals surface area contributed by atoms with E-state index in [4.69, 9.17) is 0 Å². The Morgan fingerprint density at radius 3 is 2.71 bits per heavy atom. The second-order valence-electron chi connectivity index (χ2n) is 5.63. The van der Waals surface area contributed by atoms with Crippen LogP contribution in [-0.2, 0) is 4.79 Å². The van der Waals surface area contributed by atoms with Crippen LogP contribution in [0.3, 0.4) is 0 Å². The second kappa shape index (κ2) is 5.98. The summed E-state index contributed by atoms with van der Waals surface area (Å²) in [5, 5.41) is 9.56. The monoisotopic (exact) mass is 303 g/mol. The third-order valence-corrected chi connectivity index (χ3v) is 4.85. The normalized spacial score (nSPS) is 17.8. The molecule has 0 spiro atoms. The van der Waals surface area contributed by atoms with Crippen molar-refractivity contribution in [2.24, 2.45) is 0 Å². The fraction of sp³-hybridized carbons (Fsp3) is 0.500. The lowest BCUT2D eigenvalue weighted by atomic mass is 9.95. The molecule has 112 valence electrons. The fourth-order valence-corrected chi connectivity index (χ4v) is 3.55. The Kier molecular flexibility index (Phi) is 4.48. The number of carbonyl (C=O) groups is 1. The molecular weight excluding hydrogens is 282 g/mol. The van der Waals surface area contributed by atoms with Gasteiger partial charge in [-0.1, -0.05) is 13.0 Å². The standard InChI is InChI=1S/C16H21N3OS/c1-5-21-14-8-6-7-13(12(14)11-17)19-10-9-18(4)15(20)16(19,2)3/h6-8H,5,9-10H2,1-4H3. The molecule has 0 aliphatic carbocycles. The number of amides is 1. The Balaban J connectivity index is 2.49. The van der Waals surface area contributed by atoms with Crippen LogP contribution in [-0.4, -0.2) is 42.2 Å². The maximum absolute atomic E-state index is 12.4. The van der Waals surface area contributed by atoms with Crippen LogP contribution in [0.1, 0.15) is 26.3 Å². The molecule has 0 N–H and O–H groups in total. The minimum atomic E-state index is -0.631. The molecule has 0 saturated carbocycles. The summed E-state index contributed by atoms with van der Waals surface area (Å²) in [5.74, 6) is 1.01. The summed E-state index contributed by atoms with van der Waals surface area (Å²) in [5.41, 5.74) is 0.908. The molecule has 0 unspecified atom stereocenters. The molecule has 21 heavy (non-hydrogen) atoms. The number of nitriles is 1. The van der Waals surface area contributed by atoms with E-state index in [1.54, 1.807) is 16.7 Å². The van der Waals surface area contributed by atoms with Crippen molar-refractivity contribution in [2.45, 2.75) is 31.2 Å². The first-order valence-corrected chi connectivity index (χ1v) is 8.11. The molecule has 1 aromatic rings. The lowest BCUT2D eigenvalue weighted by Gasteiger charge is -2.46. The largest absolute Gasteiger partial charge is 0.355 e. The predicted octanol–water partition coefficient (Wildman–Crippen LogP) is 2.73. The van der Waals surface area contributed by atoms with Crippen molar-refractivity contribution in [3.8, 4) is 6.07 Å². The molecule has 1 fully saturated rings. The lowest BCUT2D eigenvalue weighted by Crippen LogP contribution is -2.62. The van der Waals surface area contributed by atoms with Crippen LogP contribution in [0.15, 0.2) is 23.1 Å². The van der Waals surface area contributed by atoms with E-state index in [2.05, 4.69) is 17.9 Å². The van der Waals surface area contributed by atoms with Gasteiger partial charge in [0.1, 0.15) is 11.6 Å². The molecule has 5 heteroatoms. The third-order valence-electron chi connectivity index (χ3n) is 3.91. The van der Waals surface area contributed by atoms with Gasteiger partial charge in [-0.25, -0.2) is 0 Å². The van der Waals surface area contributed by atoms with Crippen molar-refractivity contribution < 1.29 is 4.79 Å². The highest BCUT2D eigenvalue weighted by molar-refractivity contribution is 7.99. The van der Waals surface area contributed by atoms with Crippen molar-refractivity contribution in [3.63, 3.8) is 0 Å². The zero-order chi connectivity index (χ0) is 15.6. The lowest BCUT2D eigenvalue weighted by molar-refractivity contribution is -0.136. The second-order valence-corrected chi connectivity index (χ2v) is 6.94. The number of benzene rings is 1. The molecule has 0 bridgehead atoms. The molecule has 0 atom stereocenters. The third kappa shape index (κ3) is 2.73. The van der Waals surface area contributed by atoms with Crippen LogP contribution in [0.2, 0.25) is 0 Å². The van der Waals surface area contributed by atoms with Crippen LogP contribution in [0.25, 0.3) is 0 Å². The Labute approximate surface area is 130 Å². The van der Waals surface area contributed by atoms with E-state index in [0.717, 1.165) is 22.9 Å². The van der Waals surface area contributed by atoms with Crippen molar-refractivity contribution in [1.29, 1.82) is 5.26 Å². The van der Waals surface area contributed by atoms with E-state index in [0.29, 0.717) is 12.1 Å². The van der Waals surface area contributed by atoms with E-state index >= 15 is 0 Å². The van der Waals surface area contributed by atoms with Crippen molar-refractivity contribution in [3.05, 3.63) is 23.8 Å². The predicted molar refractivity (Wildman–Crippen MR) is 86.6 cm³/mol. The average Bonchev–Trinajstić information content (AvgIpc) is 2.45. The summed E-state index contributed by atoms with van der Waals surface area (Å²) in [6.07, 6.45) is 0. The highest BCUT2D eigenvalue weighted by Gasteiger charge is 2.41. The zero-order valence-corrected chi connectivity index (χ0v) is 13.8. The maximum Gasteiger partial charge on any atom is 0.247 e. The van der Waals surface area contributed by atoms with Gasteiger partial charge in [0.2, 0.25) is 5.91 Å². The number of carbonyl (C=O) groups excluding carboxylic acids is 1. The number of rotatable bonds is 3. The first-order chi connectivity index (χ1) is 9.93. The van der Waals surface area contributed by atoms with Gasteiger partial charge in [-0.3, -0.25) is 4.79 Å². The van der Waals surface area contributed by atoms with Crippen LogP contribution >= 0.6 is 11.8 Å². The molecule has 1 amide bonds. The Hall–Kier alpha value is -1.67. The van der Waals surface area contributed by atoms with E-state index in [9.17, 15) is 10.1 Å². The van der Waals surface area contributed by atoms with Gasteiger partial charge in [0.15, 0.2) is 0 Å². The Bertz CT molecular complexity index is 592.